The molecule has 12 heteroatoms. The van der Waals surface area contributed by atoms with Crippen LogP contribution in [-0.2, 0) is 0 Å². The van der Waals surface area contributed by atoms with Crippen LogP contribution >= 0.6 is 0 Å². The Bertz CT molecular complexity index is 1180. The molecule has 136 valence electrons. The number of nitrogens with zero attached hydrogens (tertiary/aromatic N) is 5. The highest BCUT2D eigenvalue weighted by Gasteiger charge is 2.21. The number of hydrogen-bond donors (Lipinski definition) is 2. The van der Waals surface area contributed by atoms with E-state index in [0.29, 0.717) is 6.26 Å². The summed E-state index contributed by atoms with van der Waals surface area (Å²) in [5.41, 5.74) is -1.98. The van der Waals surface area contributed by atoms with Crippen molar-refractivity contribution in [3.63, 3.8) is 0 Å². The van der Waals surface area contributed by atoms with Crippen molar-refractivity contribution in [1.82, 2.24) is 14.5 Å². The average Bonchev–Trinajstić information content (AvgIpc) is 2.65. The third kappa shape index (κ3) is 3.13. The molecule has 0 spiro atoms. The first-order valence-electron chi connectivity index (χ1n) is 7.18. The van der Waals surface area contributed by atoms with Crippen molar-refractivity contribution in [3.8, 4) is 5.69 Å². The molecular formula is C15H9N5O7. The minimum Gasteiger partial charge on any atom is -0.512 e. The quantitative estimate of drug-likeness (QED) is 0.394. The standard InChI is InChI=1S/C15H9N5O7/c21-7-15(23)10-5-16-8-3-11(12(19(24)25)4-9(8)17-10)18-2-1-14(22)13(6-18)20(26)27/h1-7,21,23H. The zero-order valence-corrected chi connectivity index (χ0v) is 13.2. The van der Waals surface area contributed by atoms with Gasteiger partial charge in [0.05, 0.1) is 33.3 Å². The van der Waals surface area contributed by atoms with Gasteiger partial charge in [-0.3, -0.25) is 30.0 Å². The molecule has 0 radical (unpaired) electrons. The Labute approximate surface area is 148 Å². The van der Waals surface area contributed by atoms with E-state index in [1.54, 1.807) is 0 Å². The third-order valence-corrected chi connectivity index (χ3v) is 3.60. The number of pyridine rings is 1. The second-order valence-corrected chi connectivity index (χ2v) is 5.22. The van der Waals surface area contributed by atoms with Crippen LogP contribution < -0.4 is 5.43 Å². The Morgan fingerprint density at radius 2 is 1.85 bits per heavy atom. The van der Waals surface area contributed by atoms with Crippen LogP contribution in [0.15, 0.2) is 47.8 Å². The second-order valence-electron chi connectivity index (χ2n) is 5.22. The third-order valence-electron chi connectivity index (χ3n) is 3.60. The number of aliphatic hydroxyl groups is 2. The first-order chi connectivity index (χ1) is 12.8. The van der Waals surface area contributed by atoms with Crippen molar-refractivity contribution in [3.05, 3.63) is 79.2 Å². The van der Waals surface area contributed by atoms with E-state index < -0.39 is 32.4 Å². The molecule has 27 heavy (non-hydrogen) atoms. The molecule has 12 nitrogen and oxygen atoms in total. The molecule has 0 unspecified atom stereocenters. The molecule has 0 fully saturated rings. The van der Waals surface area contributed by atoms with E-state index in [1.165, 1.54) is 6.07 Å². The predicted octanol–water partition coefficient (Wildman–Crippen LogP) is 2.01. The molecule has 0 aliphatic carbocycles. The maximum Gasteiger partial charge on any atom is 0.332 e. The van der Waals surface area contributed by atoms with Crippen molar-refractivity contribution in [2.45, 2.75) is 0 Å². The maximum absolute atomic E-state index is 11.5. The number of nitro groups is 2. The average molecular weight is 371 g/mol. The molecule has 0 saturated heterocycles. The number of aromatic nitrogens is 3. The van der Waals surface area contributed by atoms with Crippen LogP contribution in [0.2, 0.25) is 0 Å². The molecule has 2 N–H and O–H groups in total. The molecular weight excluding hydrogens is 362 g/mol. The van der Waals surface area contributed by atoms with Gasteiger partial charge < -0.3 is 14.8 Å². The van der Waals surface area contributed by atoms with Gasteiger partial charge in [0, 0.05) is 18.3 Å². The van der Waals surface area contributed by atoms with Crippen molar-refractivity contribution >= 4 is 28.2 Å². The lowest BCUT2D eigenvalue weighted by atomic mass is 10.2. The number of rotatable bonds is 4. The van der Waals surface area contributed by atoms with Crippen LogP contribution in [-0.4, -0.2) is 34.6 Å². The molecule has 1 aromatic carbocycles. The Morgan fingerprint density at radius 1 is 1.15 bits per heavy atom. The lowest BCUT2D eigenvalue weighted by molar-refractivity contribution is -0.386. The summed E-state index contributed by atoms with van der Waals surface area (Å²) in [5.74, 6) is -0.577. The molecule has 2 heterocycles. The van der Waals surface area contributed by atoms with Gasteiger partial charge in [0.15, 0.2) is 5.76 Å². The van der Waals surface area contributed by atoms with Gasteiger partial charge in [-0.2, -0.15) is 0 Å². The van der Waals surface area contributed by atoms with Gasteiger partial charge in [-0.15, -0.1) is 0 Å². The molecule has 0 aliphatic heterocycles. The monoisotopic (exact) mass is 371 g/mol. The van der Waals surface area contributed by atoms with Gasteiger partial charge in [0.2, 0.25) is 0 Å². The first-order valence-corrected chi connectivity index (χ1v) is 7.18. The number of aliphatic hydroxyl groups excluding tert-OH is 2. The van der Waals surface area contributed by atoms with Crippen LogP contribution in [0.3, 0.4) is 0 Å². The van der Waals surface area contributed by atoms with Crippen molar-refractivity contribution < 1.29 is 20.1 Å². The maximum atomic E-state index is 11.5. The highest BCUT2D eigenvalue weighted by Crippen LogP contribution is 2.28. The summed E-state index contributed by atoms with van der Waals surface area (Å²) in [6.45, 7) is 0. The summed E-state index contributed by atoms with van der Waals surface area (Å²) in [4.78, 5) is 40.3. The van der Waals surface area contributed by atoms with Crippen LogP contribution in [0.5, 0.6) is 0 Å². The second kappa shape index (κ2) is 6.51. The van der Waals surface area contributed by atoms with E-state index in [2.05, 4.69) is 9.97 Å². The molecule has 0 bridgehead atoms. The van der Waals surface area contributed by atoms with Gasteiger partial charge in [-0.25, -0.2) is 4.98 Å². The zero-order chi connectivity index (χ0) is 19.7. The lowest BCUT2D eigenvalue weighted by Gasteiger charge is -2.08. The minimum atomic E-state index is -0.887. The highest BCUT2D eigenvalue weighted by atomic mass is 16.6. The summed E-state index contributed by atoms with van der Waals surface area (Å²) in [6.07, 6.45) is 3.57. The zero-order valence-electron chi connectivity index (χ0n) is 13.2. The largest absolute Gasteiger partial charge is 0.512 e. The van der Waals surface area contributed by atoms with Crippen molar-refractivity contribution in [2.24, 2.45) is 0 Å². The molecule has 0 atom stereocenters. The van der Waals surface area contributed by atoms with Crippen LogP contribution in [0, 0.1) is 20.2 Å². The van der Waals surface area contributed by atoms with E-state index in [-0.39, 0.29) is 22.4 Å². The fourth-order valence-corrected chi connectivity index (χ4v) is 2.34. The molecule has 3 rings (SSSR count). The summed E-state index contributed by atoms with van der Waals surface area (Å²) in [6, 6.07) is 3.25. The Hall–Kier alpha value is -4.35. The highest BCUT2D eigenvalue weighted by molar-refractivity contribution is 5.82. The van der Waals surface area contributed by atoms with E-state index in [4.69, 9.17) is 5.11 Å². The molecule has 0 saturated carbocycles. The molecule has 2 aromatic heterocycles. The van der Waals surface area contributed by atoms with Gasteiger partial charge in [0.25, 0.3) is 11.1 Å². The number of hydrogen-bond acceptors (Lipinski definition) is 9. The Kier molecular flexibility index (Phi) is 4.21. The van der Waals surface area contributed by atoms with Crippen molar-refractivity contribution in [1.29, 1.82) is 0 Å². The predicted molar refractivity (Wildman–Crippen MR) is 91.7 cm³/mol. The van der Waals surface area contributed by atoms with E-state index in [0.717, 1.165) is 35.3 Å². The number of fused-ring (bicyclic) bond motifs is 1. The van der Waals surface area contributed by atoms with Crippen molar-refractivity contribution in [2.75, 3.05) is 0 Å². The minimum absolute atomic E-state index is 0.0481. The fraction of sp³-hybridized carbons (Fsp3) is 0. The van der Waals surface area contributed by atoms with Crippen LogP contribution in [0.1, 0.15) is 5.69 Å². The topological polar surface area (TPSA) is 175 Å². The Morgan fingerprint density at radius 3 is 2.48 bits per heavy atom. The molecule has 0 aliphatic rings. The van der Waals surface area contributed by atoms with Crippen LogP contribution in [0.4, 0.5) is 11.4 Å². The molecule has 0 amide bonds. The summed E-state index contributed by atoms with van der Waals surface area (Å²) >= 11 is 0. The van der Waals surface area contributed by atoms with E-state index in [9.17, 15) is 30.1 Å². The van der Waals surface area contributed by atoms with E-state index in [1.807, 2.05) is 0 Å². The van der Waals surface area contributed by atoms with E-state index >= 15 is 0 Å². The summed E-state index contributed by atoms with van der Waals surface area (Å²) < 4.78 is 1.07. The van der Waals surface area contributed by atoms with Crippen LogP contribution in [0.25, 0.3) is 22.5 Å². The summed E-state index contributed by atoms with van der Waals surface area (Å²) in [7, 11) is 0. The normalized spacial score (nSPS) is 11.5. The number of nitro benzene ring substituents is 1. The first kappa shape index (κ1) is 17.5. The van der Waals surface area contributed by atoms with Gasteiger partial charge in [-0.1, -0.05) is 0 Å². The SMILES string of the molecule is O=c1ccn(-c2cc3ncc(C(O)=CO)nc3cc2[N+](=O)[O-])cc1[N+](=O)[O-]. The Balaban J connectivity index is 2.28. The number of benzene rings is 1. The smallest absolute Gasteiger partial charge is 0.332 e. The summed E-state index contributed by atoms with van der Waals surface area (Å²) in [5, 5.41) is 40.7. The van der Waals surface area contributed by atoms with Gasteiger partial charge in [0.1, 0.15) is 17.6 Å². The van der Waals surface area contributed by atoms with Gasteiger partial charge >= 0.3 is 5.69 Å². The molecule has 3 aromatic rings. The lowest BCUT2D eigenvalue weighted by Crippen LogP contribution is -2.11. The van der Waals surface area contributed by atoms with Gasteiger partial charge in [-0.05, 0) is 6.07 Å². The fourth-order valence-electron chi connectivity index (χ4n) is 2.34.